The van der Waals surface area contributed by atoms with Crippen molar-refractivity contribution < 1.29 is 8.78 Å². The lowest BCUT2D eigenvalue weighted by molar-refractivity contribution is 0.151. The van der Waals surface area contributed by atoms with Crippen molar-refractivity contribution in [1.29, 1.82) is 0 Å². The van der Waals surface area contributed by atoms with Gasteiger partial charge in [0.1, 0.15) is 0 Å². The van der Waals surface area contributed by atoms with Crippen LogP contribution in [0, 0.1) is 0 Å². The van der Waals surface area contributed by atoms with Gasteiger partial charge in [-0.25, -0.2) is 8.78 Å². The molecule has 2 N–H and O–H groups in total. The van der Waals surface area contributed by atoms with E-state index in [9.17, 15) is 8.78 Å². The molecule has 1 aliphatic carbocycles. The predicted octanol–water partition coefficient (Wildman–Crippen LogP) is 3.74. The van der Waals surface area contributed by atoms with Crippen molar-refractivity contribution in [2.24, 2.45) is 5.73 Å². The molecule has 1 aromatic carbocycles. The Balaban J connectivity index is 2.28. The molecule has 16 heavy (non-hydrogen) atoms. The predicted molar refractivity (Wildman–Crippen MR) is 60.3 cm³/mol. The minimum Gasteiger partial charge on any atom is -0.321 e. The zero-order chi connectivity index (χ0) is 11.6. The summed E-state index contributed by atoms with van der Waals surface area (Å²) in [5.41, 5.74) is 6.86. The van der Waals surface area contributed by atoms with Crippen LogP contribution in [0.2, 0.25) is 0 Å². The smallest absolute Gasteiger partial charge is 0.263 e. The number of nitrogens with two attached hydrogens (primary N) is 1. The van der Waals surface area contributed by atoms with Gasteiger partial charge < -0.3 is 5.73 Å². The molecule has 0 aliphatic heterocycles. The van der Waals surface area contributed by atoms with Crippen molar-refractivity contribution in [2.75, 3.05) is 0 Å². The molecule has 0 spiro atoms. The normalized spacial score (nSPS) is 20.0. The van der Waals surface area contributed by atoms with Gasteiger partial charge in [-0.15, -0.1) is 0 Å². The summed E-state index contributed by atoms with van der Waals surface area (Å²) in [6.45, 7) is 0. The highest BCUT2D eigenvalue weighted by atomic mass is 19.3. The topological polar surface area (TPSA) is 26.0 Å². The molecule has 0 aromatic heterocycles. The van der Waals surface area contributed by atoms with Crippen LogP contribution >= 0.6 is 0 Å². The van der Waals surface area contributed by atoms with Crippen LogP contribution in [-0.4, -0.2) is 0 Å². The van der Waals surface area contributed by atoms with Gasteiger partial charge in [0.2, 0.25) is 0 Å². The Morgan fingerprint density at radius 2 is 1.81 bits per heavy atom. The lowest BCUT2D eigenvalue weighted by Crippen LogP contribution is -2.38. The third-order valence-electron chi connectivity index (χ3n) is 3.46. The molecule has 0 heterocycles. The minimum atomic E-state index is -2.41. The van der Waals surface area contributed by atoms with Gasteiger partial charge in [-0.3, -0.25) is 0 Å². The summed E-state index contributed by atoms with van der Waals surface area (Å²) in [7, 11) is 0. The maximum absolute atomic E-state index is 12.6. The van der Waals surface area contributed by atoms with Crippen LogP contribution in [0.25, 0.3) is 0 Å². The SMILES string of the molecule is NC1(c2cccc(C(F)F)c2)CCCCC1. The highest BCUT2D eigenvalue weighted by Crippen LogP contribution is 2.35. The monoisotopic (exact) mass is 225 g/mol. The van der Waals surface area contributed by atoms with E-state index in [1.807, 2.05) is 6.07 Å². The number of halogens is 2. The van der Waals surface area contributed by atoms with Crippen molar-refractivity contribution in [3.8, 4) is 0 Å². The van der Waals surface area contributed by atoms with Gasteiger partial charge in [-0.2, -0.15) is 0 Å². The van der Waals surface area contributed by atoms with E-state index in [2.05, 4.69) is 0 Å². The first-order valence-electron chi connectivity index (χ1n) is 5.79. The summed E-state index contributed by atoms with van der Waals surface area (Å²) >= 11 is 0. The quantitative estimate of drug-likeness (QED) is 0.815. The third kappa shape index (κ3) is 2.24. The molecule has 1 aromatic rings. The second-order valence-corrected chi connectivity index (χ2v) is 4.64. The second kappa shape index (κ2) is 4.50. The minimum absolute atomic E-state index is 0.0768. The van der Waals surface area contributed by atoms with E-state index in [4.69, 9.17) is 5.73 Å². The maximum Gasteiger partial charge on any atom is 0.263 e. The first-order valence-corrected chi connectivity index (χ1v) is 5.79. The molecule has 2 rings (SSSR count). The van der Waals surface area contributed by atoms with Crippen LogP contribution in [0.15, 0.2) is 24.3 Å². The van der Waals surface area contributed by atoms with Gasteiger partial charge in [0.25, 0.3) is 6.43 Å². The number of hydrogen-bond acceptors (Lipinski definition) is 1. The van der Waals surface area contributed by atoms with E-state index >= 15 is 0 Å². The number of alkyl halides is 2. The highest BCUT2D eigenvalue weighted by Gasteiger charge is 2.29. The van der Waals surface area contributed by atoms with Gasteiger partial charge in [0.15, 0.2) is 0 Å². The standard InChI is InChI=1S/C13H17F2N/c14-12(15)10-5-4-6-11(9-10)13(16)7-2-1-3-8-13/h4-6,9,12H,1-3,7-8,16H2. The second-order valence-electron chi connectivity index (χ2n) is 4.64. The molecule has 3 heteroatoms. The molecule has 0 amide bonds. The fourth-order valence-electron chi connectivity index (χ4n) is 2.46. The van der Waals surface area contributed by atoms with Crippen LogP contribution in [0.3, 0.4) is 0 Å². The number of hydrogen-bond donors (Lipinski definition) is 1. The van der Waals surface area contributed by atoms with E-state index in [1.54, 1.807) is 12.1 Å². The van der Waals surface area contributed by atoms with Crippen LogP contribution in [0.5, 0.6) is 0 Å². The number of benzene rings is 1. The molecule has 1 aliphatic rings. The van der Waals surface area contributed by atoms with E-state index in [-0.39, 0.29) is 11.1 Å². The third-order valence-corrected chi connectivity index (χ3v) is 3.46. The Hall–Kier alpha value is -0.960. The average molecular weight is 225 g/mol. The Morgan fingerprint density at radius 3 is 2.44 bits per heavy atom. The van der Waals surface area contributed by atoms with Crippen molar-refractivity contribution in [3.05, 3.63) is 35.4 Å². The van der Waals surface area contributed by atoms with Gasteiger partial charge >= 0.3 is 0 Å². The Labute approximate surface area is 94.7 Å². The summed E-state index contributed by atoms with van der Waals surface area (Å²) in [5, 5.41) is 0. The average Bonchev–Trinajstić information content (AvgIpc) is 2.30. The summed E-state index contributed by atoms with van der Waals surface area (Å²) in [6, 6.07) is 6.58. The molecular formula is C13H17F2N. The van der Waals surface area contributed by atoms with Gasteiger partial charge in [-0.05, 0) is 24.5 Å². The van der Waals surface area contributed by atoms with Gasteiger partial charge in [-0.1, -0.05) is 37.5 Å². The fraction of sp³-hybridized carbons (Fsp3) is 0.538. The van der Waals surface area contributed by atoms with Crippen LogP contribution in [0.1, 0.15) is 49.7 Å². The van der Waals surface area contributed by atoms with Gasteiger partial charge in [0.05, 0.1) is 0 Å². The molecule has 1 fully saturated rings. The van der Waals surface area contributed by atoms with Crippen LogP contribution in [-0.2, 0) is 5.54 Å². The van der Waals surface area contributed by atoms with E-state index in [0.717, 1.165) is 31.2 Å². The summed E-state index contributed by atoms with van der Waals surface area (Å²) in [4.78, 5) is 0. The molecular weight excluding hydrogens is 208 g/mol. The summed E-state index contributed by atoms with van der Waals surface area (Å²) in [6.07, 6.45) is 2.78. The zero-order valence-corrected chi connectivity index (χ0v) is 9.26. The first kappa shape index (κ1) is 11.5. The fourth-order valence-corrected chi connectivity index (χ4v) is 2.46. The molecule has 0 unspecified atom stereocenters. The molecule has 0 radical (unpaired) electrons. The van der Waals surface area contributed by atoms with Crippen molar-refractivity contribution in [1.82, 2.24) is 0 Å². The molecule has 1 saturated carbocycles. The van der Waals surface area contributed by atoms with Crippen molar-refractivity contribution in [2.45, 2.75) is 44.1 Å². The number of rotatable bonds is 2. The van der Waals surface area contributed by atoms with E-state index in [0.29, 0.717) is 0 Å². The molecule has 0 saturated heterocycles. The lowest BCUT2D eigenvalue weighted by atomic mass is 9.77. The van der Waals surface area contributed by atoms with E-state index in [1.165, 1.54) is 12.5 Å². The highest BCUT2D eigenvalue weighted by molar-refractivity contribution is 5.30. The molecule has 1 nitrogen and oxygen atoms in total. The van der Waals surface area contributed by atoms with Crippen LogP contribution < -0.4 is 5.73 Å². The first-order chi connectivity index (χ1) is 7.62. The van der Waals surface area contributed by atoms with E-state index < -0.39 is 6.43 Å². The largest absolute Gasteiger partial charge is 0.321 e. The zero-order valence-electron chi connectivity index (χ0n) is 9.26. The summed E-state index contributed by atoms with van der Waals surface area (Å²) < 4.78 is 25.2. The lowest BCUT2D eigenvalue weighted by Gasteiger charge is -2.34. The van der Waals surface area contributed by atoms with Crippen LogP contribution in [0.4, 0.5) is 8.78 Å². The molecule has 0 bridgehead atoms. The maximum atomic E-state index is 12.6. The van der Waals surface area contributed by atoms with Crippen molar-refractivity contribution in [3.63, 3.8) is 0 Å². The Bertz CT molecular complexity index is 357. The van der Waals surface area contributed by atoms with Crippen molar-refractivity contribution >= 4 is 0 Å². The molecule has 0 atom stereocenters. The Kier molecular flexibility index (Phi) is 3.24. The summed E-state index contributed by atoms with van der Waals surface area (Å²) in [5.74, 6) is 0. The molecule has 88 valence electrons. The Morgan fingerprint density at radius 1 is 1.12 bits per heavy atom. The van der Waals surface area contributed by atoms with Gasteiger partial charge in [0, 0.05) is 11.1 Å².